The fourth-order valence-electron chi connectivity index (χ4n) is 2.70. The Labute approximate surface area is 158 Å². The van der Waals surface area contributed by atoms with Crippen LogP contribution in [0.2, 0.25) is 0 Å². The molecule has 0 saturated carbocycles. The van der Waals surface area contributed by atoms with Crippen molar-refractivity contribution >= 4 is 17.3 Å². The van der Waals surface area contributed by atoms with E-state index >= 15 is 0 Å². The van der Waals surface area contributed by atoms with E-state index in [-0.39, 0.29) is 12.5 Å². The van der Waals surface area contributed by atoms with Crippen molar-refractivity contribution in [1.29, 1.82) is 0 Å². The zero-order chi connectivity index (χ0) is 19.1. The van der Waals surface area contributed by atoms with Crippen molar-refractivity contribution in [3.05, 3.63) is 72.8 Å². The van der Waals surface area contributed by atoms with E-state index in [1.54, 1.807) is 32.4 Å². The van der Waals surface area contributed by atoms with E-state index in [9.17, 15) is 4.79 Å². The first-order chi connectivity index (χ1) is 13.2. The molecule has 5 heteroatoms. The Hall–Kier alpha value is -3.47. The highest BCUT2D eigenvalue weighted by molar-refractivity contribution is 5.95. The quantitative estimate of drug-likeness (QED) is 0.653. The number of benzene rings is 3. The largest absolute Gasteiger partial charge is 0.497 e. The minimum absolute atomic E-state index is 0.144. The number of nitrogens with one attached hydrogen (secondary N) is 2. The van der Waals surface area contributed by atoms with E-state index in [4.69, 9.17) is 9.47 Å². The molecule has 0 saturated heterocycles. The number of carbonyl (C=O) groups excluding carboxylic acids is 1. The number of hydrogen-bond acceptors (Lipinski definition) is 4. The van der Waals surface area contributed by atoms with E-state index in [0.717, 1.165) is 16.8 Å². The Kier molecular flexibility index (Phi) is 5.94. The Bertz CT molecular complexity index is 893. The highest BCUT2D eigenvalue weighted by atomic mass is 16.5. The van der Waals surface area contributed by atoms with E-state index in [0.29, 0.717) is 17.2 Å². The Morgan fingerprint density at radius 2 is 1.56 bits per heavy atom. The van der Waals surface area contributed by atoms with Crippen LogP contribution in [0.15, 0.2) is 72.8 Å². The summed E-state index contributed by atoms with van der Waals surface area (Å²) in [6.07, 6.45) is 0. The van der Waals surface area contributed by atoms with E-state index in [1.165, 1.54) is 0 Å². The molecule has 138 valence electrons. The molecule has 27 heavy (non-hydrogen) atoms. The first-order valence-electron chi connectivity index (χ1n) is 8.61. The predicted molar refractivity (Wildman–Crippen MR) is 109 cm³/mol. The van der Waals surface area contributed by atoms with Crippen molar-refractivity contribution in [1.82, 2.24) is 0 Å². The van der Waals surface area contributed by atoms with Crippen molar-refractivity contribution in [2.75, 3.05) is 31.4 Å². The molecule has 0 radical (unpaired) electrons. The second-order valence-corrected chi connectivity index (χ2v) is 5.91. The van der Waals surface area contributed by atoms with Crippen LogP contribution in [-0.2, 0) is 4.79 Å². The molecule has 0 unspecified atom stereocenters. The van der Waals surface area contributed by atoms with Gasteiger partial charge in [0.25, 0.3) is 0 Å². The standard InChI is InChI=1S/C22H22N2O3/c1-26-19-12-13-21(27-2)20(14-19)24-22(25)15-23-18-10-8-17(9-11-18)16-6-4-3-5-7-16/h3-14,23H,15H2,1-2H3,(H,24,25). The molecule has 0 fully saturated rings. The second-order valence-electron chi connectivity index (χ2n) is 5.91. The maximum atomic E-state index is 12.3. The third kappa shape index (κ3) is 4.79. The van der Waals surface area contributed by atoms with Crippen LogP contribution in [-0.4, -0.2) is 26.7 Å². The van der Waals surface area contributed by atoms with Gasteiger partial charge in [0, 0.05) is 11.8 Å². The van der Waals surface area contributed by atoms with Gasteiger partial charge in [0.1, 0.15) is 11.5 Å². The van der Waals surface area contributed by atoms with Crippen LogP contribution in [0.3, 0.4) is 0 Å². The van der Waals surface area contributed by atoms with Crippen molar-refractivity contribution < 1.29 is 14.3 Å². The highest BCUT2D eigenvalue weighted by Crippen LogP contribution is 2.28. The van der Waals surface area contributed by atoms with Gasteiger partial charge in [-0.3, -0.25) is 4.79 Å². The van der Waals surface area contributed by atoms with Crippen molar-refractivity contribution in [3.63, 3.8) is 0 Å². The molecule has 2 N–H and O–H groups in total. The summed E-state index contributed by atoms with van der Waals surface area (Å²) >= 11 is 0. The molecule has 0 heterocycles. The molecule has 0 aromatic heterocycles. The second kappa shape index (κ2) is 8.76. The van der Waals surface area contributed by atoms with Crippen LogP contribution < -0.4 is 20.1 Å². The minimum Gasteiger partial charge on any atom is -0.497 e. The highest BCUT2D eigenvalue weighted by Gasteiger charge is 2.09. The number of ether oxygens (including phenoxy) is 2. The van der Waals surface area contributed by atoms with Crippen LogP contribution in [0.5, 0.6) is 11.5 Å². The number of hydrogen-bond donors (Lipinski definition) is 2. The number of rotatable bonds is 7. The van der Waals surface area contributed by atoms with Gasteiger partial charge in [0.05, 0.1) is 26.5 Å². The van der Waals surface area contributed by atoms with Crippen LogP contribution in [0.1, 0.15) is 0 Å². The first-order valence-corrected chi connectivity index (χ1v) is 8.61. The minimum atomic E-state index is -0.173. The smallest absolute Gasteiger partial charge is 0.243 e. The summed E-state index contributed by atoms with van der Waals surface area (Å²) in [5.74, 6) is 1.06. The average Bonchev–Trinajstić information content (AvgIpc) is 2.73. The summed E-state index contributed by atoms with van der Waals surface area (Å²) in [5.41, 5.74) is 3.74. The SMILES string of the molecule is COc1ccc(OC)c(NC(=O)CNc2ccc(-c3ccccc3)cc2)c1. The van der Waals surface area contributed by atoms with Crippen molar-refractivity contribution in [2.45, 2.75) is 0 Å². The maximum Gasteiger partial charge on any atom is 0.243 e. The fourth-order valence-corrected chi connectivity index (χ4v) is 2.70. The summed E-state index contributed by atoms with van der Waals surface area (Å²) in [7, 11) is 3.14. The monoisotopic (exact) mass is 362 g/mol. The molecule has 0 aliphatic carbocycles. The summed E-state index contributed by atoms with van der Waals surface area (Å²) in [4.78, 5) is 12.3. The van der Waals surface area contributed by atoms with Crippen LogP contribution >= 0.6 is 0 Å². The van der Waals surface area contributed by atoms with E-state index in [1.807, 2.05) is 42.5 Å². The first kappa shape index (κ1) is 18.3. The molecule has 3 aromatic carbocycles. The Balaban J connectivity index is 1.59. The fraction of sp³-hybridized carbons (Fsp3) is 0.136. The summed E-state index contributed by atoms with van der Waals surface area (Å²) in [6.45, 7) is 0.144. The lowest BCUT2D eigenvalue weighted by molar-refractivity contribution is -0.114. The molecule has 0 spiro atoms. The van der Waals surface area contributed by atoms with Crippen molar-refractivity contribution in [2.24, 2.45) is 0 Å². The van der Waals surface area contributed by atoms with Gasteiger partial charge in [0.15, 0.2) is 0 Å². The lowest BCUT2D eigenvalue weighted by atomic mass is 10.1. The molecule has 0 bridgehead atoms. The molecular formula is C22H22N2O3. The molecular weight excluding hydrogens is 340 g/mol. The van der Waals surface area contributed by atoms with E-state index in [2.05, 4.69) is 22.8 Å². The number of amides is 1. The van der Waals surface area contributed by atoms with Crippen molar-refractivity contribution in [3.8, 4) is 22.6 Å². The molecule has 1 amide bonds. The summed E-state index contributed by atoms with van der Waals surface area (Å²) < 4.78 is 10.5. The molecule has 3 rings (SSSR count). The van der Waals surface area contributed by atoms with Gasteiger partial charge in [-0.05, 0) is 35.4 Å². The van der Waals surface area contributed by atoms with Gasteiger partial charge >= 0.3 is 0 Å². The zero-order valence-corrected chi connectivity index (χ0v) is 15.4. The summed E-state index contributed by atoms with van der Waals surface area (Å²) in [5, 5.41) is 5.96. The molecule has 5 nitrogen and oxygen atoms in total. The van der Waals surface area contributed by atoms with Gasteiger partial charge in [-0.25, -0.2) is 0 Å². The van der Waals surface area contributed by atoms with Gasteiger partial charge < -0.3 is 20.1 Å². The predicted octanol–water partition coefficient (Wildman–Crippen LogP) is 4.42. The Morgan fingerprint density at radius 1 is 0.852 bits per heavy atom. The molecule has 0 aliphatic heterocycles. The third-order valence-electron chi connectivity index (χ3n) is 4.13. The third-order valence-corrected chi connectivity index (χ3v) is 4.13. The average molecular weight is 362 g/mol. The molecule has 0 atom stereocenters. The number of methoxy groups -OCH3 is 2. The van der Waals surface area contributed by atoms with E-state index < -0.39 is 0 Å². The van der Waals surface area contributed by atoms with Crippen LogP contribution in [0, 0.1) is 0 Å². The number of carbonyl (C=O) groups is 1. The van der Waals surface area contributed by atoms with Crippen LogP contribution in [0.25, 0.3) is 11.1 Å². The normalized spacial score (nSPS) is 10.1. The van der Waals surface area contributed by atoms with Crippen LogP contribution in [0.4, 0.5) is 11.4 Å². The van der Waals surface area contributed by atoms with Gasteiger partial charge in [-0.1, -0.05) is 42.5 Å². The Morgan fingerprint density at radius 3 is 2.22 bits per heavy atom. The summed E-state index contributed by atoms with van der Waals surface area (Å²) in [6, 6.07) is 23.4. The topological polar surface area (TPSA) is 59.6 Å². The lowest BCUT2D eigenvalue weighted by Crippen LogP contribution is -2.22. The lowest BCUT2D eigenvalue weighted by Gasteiger charge is -2.12. The zero-order valence-electron chi connectivity index (χ0n) is 15.4. The number of anilines is 2. The van der Waals surface area contributed by atoms with Gasteiger partial charge in [0.2, 0.25) is 5.91 Å². The molecule has 0 aliphatic rings. The van der Waals surface area contributed by atoms with Gasteiger partial charge in [-0.2, -0.15) is 0 Å². The van der Waals surface area contributed by atoms with Gasteiger partial charge in [-0.15, -0.1) is 0 Å². The maximum absolute atomic E-state index is 12.3. The molecule has 3 aromatic rings.